The van der Waals surface area contributed by atoms with Crippen molar-refractivity contribution in [2.24, 2.45) is 0 Å². The lowest BCUT2D eigenvalue weighted by Crippen LogP contribution is -2.29. The zero-order valence-electron chi connectivity index (χ0n) is 12.7. The van der Waals surface area contributed by atoms with Crippen LogP contribution in [0.4, 0.5) is 0 Å². The van der Waals surface area contributed by atoms with E-state index < -0.39 is 0 Å². The molecule has 2 heterocycles. The number of ether oxygens (including phenoxy) is 1. The number of benzene rings is 1. The lowest BCUT2D eigenvalue weighted by atomic mass is 10.1. The lowest BCUT2D eigenvalue weighted by Gasteiger charge is -2.17. The summed E-state index contributed by atoms with van der Waals surface area (Å²) in [6.07, 6.45) is 1.69. The largest absolute Gasteiger partial charge is 0.495 e. The molecule has 5 heteroatoms. The molecule has 3 rings (SSSR count). The van der Waals surface area contributed by atoms with Crippen LogP contribution >= 0.6 is 0 Å². The Kier molecular flexibility index (Phi) is 3.41. The average Bonchev–Trinajstić information content (AvgIpc) is 2.76. The summed E-state index contributed by atoms with van der Waals surface area (Å²) in [6.45, 7) is 3.96. The van der Waals surface area contributed by atoms with Crippen LogP contribution in [-0.4, -0.2) is 28.8 Å². The number of hydrogen-bond acceptors (Lipinski definition) is 4. The number of hydrogen-bond donors (Lipinski definition) is 0. The highest BCUT2D eigenvalue weighted by atomic mass is 16.5. The van der Waals surface area contributed by atoms with Crippen molar-refractivity contribution < 1.29 is 14.3 Å². The molecule has 0 radical (unpaired) electrons. The maximum absolute atomic E-state index is 12.4. The summed E-state index contributed by atoms with van der Waals surface area (Å²) >= 11 is 0. The molecule has 0 fully saturated rings. The standard InChI is InChI=1S/C17H16N2O3/c1-10-12(8-18-11(2)15(10)22-3)9-19-16(20)13-6-4-5-7-14(13)17(19)21/h4-8H,9H2,1-3H3. The van der Waals surface area contributed by atoms with E-state index in [2.05, 4.69) is 4.98 Å². The van der Waals surface area contributed by atoms with Gasteiger partial charge in [0.2, 0.25) is 0 Å². The molecule has 0 unspecified atom stereocenters. The smallest absolute Gasteiger partial charge is 0.261 e. The minimum atomic E-state index is -0.264. The number of fused-ring (bicyclic) bond motifs is 1. The van der Waals surface area contributed by atoms with E-state index in [0.717, 1.165) is 16.8 Å². The quantitative estimate of drug-likeness (QED) is 0.817. The van der Waals surface area contributed by atoms with Crippen molar-refractivity contribution in [1.82, 2.24) is 9.88 Å². The van der Waals surface area contributed by atoms with Crippen molar-refractivity contribution in [3.05, 3.63) is 58.4 Å². The molecule has 22 heavy (non-hydrogen) atoms. The van der Waals surface area contributed by atoms with Crippen molar-refractivity contribution in [2.45, 2.75) is 20.4 Å². The maximum Gasteiger partial charge on any atom is 0.261 e. The summed E-state index contributed by atoms with van der Waals surface area (Å²) in [7, 11) is 1.59. The van der Waals surface area contributed by atoms with Gasteiger partial charge in [0.05, 0.1) is 30.5 Å². The third kappa shape index (κ3) is 2.06. The summed E-state index contributed by atoms with van der Waals surface area (Å²) in [5.41, 5.74) is 3.39. The number of carbonyl (C=O) groups excluding carboxylic acids is 2. The number of imide groups is 1. The molecular weight excluding hydrogens is 280 g/mol. The number of aryl methyl sites for hydroxylation is 1. The molecule has 1 aromatic carbocycles. The van der Waals surface area contributed by atoms with Crippen LogP contribution in [0.3, 0.4) is 0 Å². The number of carbonyl (C=O) groups is 2. The zero-order chi connectivity index (χ0) is 15.9. The molecule has 5 nitrogen and oxygen atoms in total. The van der Waals surface area contributed by atoms with Crippen molar-refractivity contribution in [2.75, 3.05) is 7.11 Å². The van der Waals surface area contributed by atoms with Gasteiger partial charge in [0.1, 0.15) is 5.75 Å². The normalized spacial score (nSPS) is 13.5. The molecule has 1 aliphatic rings. The molecule has 1 aliphatic heterocycles. The molecule has 0 bridgehead atoms. The Morgan fingerprint density at radius 2 is 1.68 bits per heavy atom. The fraction of sp³-hybridized carbons (Fsp3) is 0.235. The highest BCUT2D eigenvalue weighted by Gasteiger charge is 2.35. The van der Waals surface area contributed by atoms with E-state index in [4.69, 9.17) is 4.74 Å². The van der Waals surface area contributed by atoms with Crippen LogP contribution in [0.15, 0.2) is 30.5 Å². The highest BCUT2D eigenvalue weighted by molar-refractivity contribution is 6.21. The first-order valence-electron chi connectivity index (χ1n) is 6.99. The van der Waals surface area contributed by atoms with E-state index in [1.807, 2.05) is 13.8 Å². The number of nitrogens with zero attached hydrogens (tertiary/aromatic N) is 2. The predicted molar refractivity (Wildman–Crippen MR) is 80.9 cm³/mol. The van der Waals surface area contributed by atoms with Gasteiger partial charge in [0, 0.05) is 6.20 Å². The Bertz CT molecular complexity index is 748. The lowest BCUT2D eigenvalue weighted by molar-refractivity contribution is 0.0642. The van der Waals surface area contributed by atoms with Crippen LogP contribution in [0, 0.1) is 13.8 Å². The van der Waals surface area contributed by atoms with Gasteiger partial charge >= 0.3 is 0 Å². The van der Waals surface area contributed by atoms with Gasteiger partial charge in [-0.15, -0.1) is 0 Å². The van der Waals surface area contributed by atoms with Crippen molar-refractivity contribution in [1.29, 1.82) is 0 Å². The van der Waals surface area contributed by atoms with E-state index in [9.17, 15) is 9.59 Å². The number of rotatable bonds is 3. The molecular formula is C17H16N2O3. The Balaban J connectivity index is 1.96. The molecule has 2 aromatic rings. The van der Waals surface area contributed by atoms with Gasteiger partial charge in [-0.2, -0.15) is 0 Å². The molecule has 0 N–H and O–H groups in total. The second-order valence-corrected chi connectivity index (χ2v) is 5.27. The van der Waals surface area contributed by atoms with Gasteiger partial charge in [-0.1, -0.05) is 12.1 Å². The second-order valence-electron chi connectivity index (χ2n) is 5.27. The van der Waals surface area contributed by atoms with Crippen LogP contribution in [0.2, 0.25) is 0 Å². The number of aromatic nitrogens is 1. The van der Waals surface area contributed by atoms with Crippen LogP contribution in [-0.2, 0) is 6.54 Å². The molecule has 0 saturated heterocycles. The van der Waals surface area contributed by atoms with Gasteiger partial charge in [0.25, 0.3) is 11.8 Å². The van der Waals surface area contributed by atoms with Crippen LogP contribution in [0.25, 0.3) is 0 Å². The highest BCUT2D eigenvalue weighted by Crippen LogP contribution is 2.28. The first kappa shape index (κ1) is 14.3. The summed E-state index contributed by atoms with van der Waals surface area (Å²) in [4.78, 5) is 30.3. The van der Waals surface area contributed by atoms with Gasteiger partial charge in [-0.3, -0.25) is 19.5 Å². The SMILES string of the molecule is COc1c(C)ncc(CN2C(=O)c3ccccc3C2=O)c1C. The van der Waals surface area contributed by atoms with Gasteiger partial charge in [0.15, 0.2) is 0 Å². The van der Waals surface area contributed by atoms with E-state index in [1.54, 1.807) is 37.6 Å². The minimum absolute atomic E-state index is 0.196. The van der Waals surface area contributed by atoms with Crippen LogP contribution in [0.5, 0.6) is 5.75 Å². The van der Waals surface area contributed by atoms with E-state index in [-0.39, 0.29) is 18.4 Å². The third-order valence-corrected chi connectivity index (χ3v) is 3.98. The van der Waals surface area contributed by atoms with Gasteiger partial charge in [-0.25, -0.2) is 0 Å². The van der Waals surface area contributed by atoms with Crippen molar-refractivity contribution in [3.63, 3.8) is 0 Å². The summed E-state index contributed by atoms with van der Waals surface area (Å²) < 4.78 is 5.35. The summed E-state index contributed by atoms with van der Waals surface area (Å²) in [6, 6.07) is 6.87. The Morgan fingerprint density at radius 1 is 1.09 bits per heavy atom. The molecule has 0 aliphatic carbocycles. The molecule has 112 valence electrons. The number of pyridine rings is 1. The van der Waals surface area contributed by atoms with Crippen LogP contribution < -0.4 is 4.74 Å². The first-order valence-corrected chi connectivity index (χ1v) is 6.99. The van der Waals surface area contributed by atoms with Crippen LogP contribution in [0.1, 0.15) is 37.5 Å². The zero-order valence-corrected chi connectivity index (χ0v) is 12.7. The molecule has 0 atom stereocenters. The second kappa shape index (κ2) is 5.26. The molecule has 1 aromatic heterocycles. The Morgan fingerprint density at radius 3 is 2.23 bits per heavy atom. The summed E-state index contributed by atoms with van der Waals surface area (Å²) in [5, 5.41) is 0. The fourth-order valence-electron chi connectivity index (χ4n) is 2.76. The average molecular weight is 296 g/mol. The van der Waals surface area contributed by atoms with Crippen molar-refractivity contribution in [3.8, 4) is 5.75 Å². The molecule has 2 amide bonds. The first-order chi connectivity index (χ1) is 10.5. The van der Waals surface area contributed by atoms with Gasteiger partial charge < -0.3 is 4.74 Å². The minimum Gasteiger partial charge on any atom is -0.495 e. The number of amides is 2. The molecule has 0 spiro atoms. The third-order valence-electron chi connectivity index (χ3n) is 3.98. The Hall–Kier alpha value is -2.69. The van der Waals surface area contributed by atoms with Crippen molar-refractivity contribution >= 4 is 11.8 Å². The fourth-order valence-corrected chi connectivity index (χ4v) is 2.76. The maximum atomic E-state index is 12.4. The van der Waals surface area contributed by atoms with E-state index in [0.29, 0.717) is 16.9 Å². The monoisotopic (exact) mass is 296 g/mol. The number of methoxy groups -OCH3 is 1. The predicted octanol–water partition coefficient (Wildman–Crippen LogP) is 2.50. The molecule has 0 saturated carbocycles. The van der Waals surface area contributed by atoms with E-state index in [1.165, 1.54) is 4.90 Å². The Labute approximate surface area is 128 Å². The van der Waals surface area contributed by atoms with E-state index >= 15 is 0 Å². The van der Waals surface area contributed by atoms with Gasteiger partial charge in [-0.05, 0) is 37.1 Å². The summed E-state index contributed by atoms with van der Waals surface area (Å²) in [5.74, 6) is 0.160. The topological polar surface area (TPSA) is 59.5 Å².